The average Bonchev–Trinajstić information content (AvgIpc) is 3.26. The fourth-order valence-corrected chi connectivity index (χ4v) is 12.8. The molecule has 58 heavy (non-hydrogen) atoms. The molecule has 0 amide bonds. The molecule has 4 aliphatic rings. The van der Waals surface area contributed by atoms with E-state index in [2.05, 4.69) is 140 Å². The lowest BCUT2D eigenvalue weighted by atomic mass is 9.42. The molecule has 0 radical (unpaired) electrons. The molecular weight excluding hydrogens is 726 g/mol. The zero-order valence-corrected chi connectivity index (χ0v) is 33.9. The molecule has 0 N–H and O–H groups in total. The summed E-state index contributed by atoms with van der Waals surface area (Å²) in [6.07, 6.45) is 6.63. The Morgan fingerprint density at radius 3 is 1.60 bits per heavy atom. The molecule has 1 heterocycles. The minimum Gasteiger partial charge on any atom is -0.319 e. The van der Waals surface area contributed by atoms with Crippen LogP contribution in [0.3, 0.4) is 0 Å². The third kappa shape index (κ3) is 5.79. The summed E-state index contributed by atoms with van der Waals surface area (Å²) >= 11 is 0. The normalized spacial score (nSPS) is 22.4. The van der Waals surface area contributed by atoms with E-state index in [1.165, 1.54) is 54.4 Å². The van der Waals surface area contributed by atoms with Crippen LogP contribution < -0.4 is 5.30 Å². The highest BCUT2D eigenvalue weighted by atomic mass is 31.2. The zero-order valence-electron chi connectivity index (χ0n) is 33.1. The van der Waals surface area contributed by atoms with Gasteiger partial charge in [-0.2, -0.15) is 0 Å². The van der Waals surface area contributed by atoms with Gasteiger partial charge in [-0.25, -0.2) is 15.0 Å². The predicted molar refractivity (Wildman–Crippen MR) is 240 cm³/mol. The van der Waals surface area contributed by atoms with Crippen LogP contribution in [0.1, 0.15) is 43.2 Å². The molecule has 0 spiro atoms. The van der Waals surface area contributed by atoms with Gasteiger partial charge in [0.1, 0.15) is 7.14 Å². The van der Waals surface area contributed by atoms with Crippen LogP contribution in [0.5, 0.6) is 0 Å². The average molecular weight is 772 g/mol. The first kappa shape index (κ1) is 35.5. The molecule has 0 saturated heterocycles. The van der Waals surface area contributed by atoms with Gasteiger partial charge < -0.3 is 4.57 Å². The van der Waals surface area contributed by atoms with Crippen molar-refractivity contribution in [1.82, 2.24) is 15.0 Å². The number of hydrogen-bond donors (Lipinski definition) is 0. The van der Waals surface area contributed by atoms with Crippen molar-refractivity contribution in [2.24, 2.45) is 23.7 Å². The topological polar surface area (TPSA) is 55.7 Å². The highest BCUT2D eigenvalue weighted by Crippen LogP contribution is 2.65. The van der Waals surface area contributed by atoms with Crippen molar-refractivity contribution in [2.45, 2.75) is 37.5 Å². The summed E-state index contributed by atoms with van der Waals surface area (Å²) in [6, 6.07) is 56.7. The zero-order chi connectivity index (χ0) is 39.0. The Balaban J connectivity index is 1.02. The molecule has 5 heteroatoms. The monoisotopic (exact) mass is 771 g/mol. The highest BCUT2D eigenvalue weighted by Gasteiger charge is 2.58. The third-order valence-corrected chi connectivity index (χ3v) is 15.4. The molecular formula is C53H46N3OP. The molecule has 1 aromatic heterocycles. The predicted octanol–water partition coefficient (Wildman–Crippen LogP) is 12.8. The first-order valence-electron chi connectivity index (χ1n) is 20.9. The maximum absolute atomic E-state index is 13.3. The summed E-state index contributed by atoms with van der Waals surface area (Å²) in [5, 5.41) is 5.50. The van der Waals surface area contributed by atoms with Crippen molar-refractivity contribution in [1.29, 1.82) is 0 Å². The third-order valence-electron chi connectivity index (χ3n) is 13.9. The molecule has 4 saturated carbocycles. The van der Waals surface area contributed by atoms with Gasteiger partial charge in [0.05, 0.1) is 0 Å². The second kappa shape index (κ2) is 13.7. The second-order valence-corrected chi connectivity index (χ2v) is 20.7. The van der Waals surface area contributed by atoms with Crippen molar-refractivity contribution in [3.8, 4) is 45.3 Å². The van der Waals surface area contributed by atoms with E-state index in [9.17, 15) is 4.57 Å². The van der Waals surface area contributed by atoms with Gasteiger partial charge in [-0.3, -0.25) is 0 Å². The molecule has 4 bridgehead atoms. The fourth-order valence-electron chi connectivity index (χ4n) is 11.6. The first-order valence-corrected chi connectivity index (χ1v) is 23.5. The van der Waals surface area contributed by atoms with Gasteiger partial charge in [-0.15, -0.1) is 0 Å². The Labute approximate surface area is 340 Å². The number of rotatable bonds is 7. The Morgan fingerprint density at radius 2 is 0.966 bits per heavy atom. The molecule has 284 valence electrons. The lowest BCUT2D eigenvalue weighted by Gasteiger charge is -2.62. The Kier molecular flexibility index (Phi) is 8.38. The summed E-state index contributed by atoms with van der Waals surface area (Å²) in [6.45, 7) is 3.74. The minimum absolute atomic E-state index is 0.0458. The molecule has 4 nitrogen and oxygen atoms in total. The number of nitrogens with zero attached hydrogens (tertiary/aromatic N) is 3. The van der Waals surface area contributed by atoms with Crippen molar-refractivity contribution >= 4 is 34.0 Å². The van der Waals surface area contributed by atoms with Gasteiger partial charge in [0, 0.05) is 27.4 Å². The summed E-state index contributed by atoms with van der Waals surface area (Å²) in [5.74, 6) is 4.97. The van der Waals surface area contributed by atoms with Gasteiger partial charge in [-0.1, -0.05) is 158 Å². The van der Waals surface area contributed by atoms with Crippen LogP contribution in [0, 0.1) is 23.7 Å². The van der Waals surface area contributed by atoms with Gasteiger partial charge in [0.15, 0.2) is 17.5 Å². The van der Waals surface area contributed by atoms with E-state index in [4.69, 9.17) is 15.0 Å². The van der Waals surface area contributed by atoms with Gasteiger partial charge in [0.2, 0.25) is 0 Å². The maximum Gasteiger partial charge on any atom is 0.164 e. The van der Waals surface area contributed by atoms with Crippen LogP contribution in [0.4, 0.5) is 0 Å². The van der Waals surface area contributed by atoms with Crippen LogP contribution in [0.25, 0.3) is 66.8 Å². The van der Waals surface area contributed by atoms with Crippen molar-refractivity contribution < 1.29 is 4.57 Å². The Morgan fingerprint density at radius 1 is 0.448 bits per heavy atom. The van der Waals surface area contributed by atoms with Crippen LogP contribution in [0.2, 0.25) is 0 Å². The molecule has 0 unspecified atom stereocenters. The van der Waals surface area contributed by atoms with E-state index in [1.807, 2.05) is 31.5 Å². The van der Waals surface area contributed by atoms with Gasteiger partial charge in [-0.05, 0) is 113 Å². The lowest BCUT2D eigenvalue weighted by Crippen LogP contribution is -2.56. The summed E-state index contributed by atoms with van der Waals surface area (Å²) < 4.78 is 13.3. The van der Waals surface area contributed by atoms with E-state index in [-0.39, 0.29) is 5.41 Å². The van der Waals surface area contributed by atoms with Crippen LogP contribution in [-0.4, -0.2) is 28.3 Å². The standard InChI is InChI=1S/C53H46N3OP/c1-58(2,57)49-28-27-45(46-16-8-9-17-47(46)49)37-19-23-40(24-20-37)53(42-30-34-29-35(32-42)33-43(53)31-34)41-25-21-39(22-26-41)51-54-50(38-12-4-3-5-13-38)55-52(56-51)48-18-10-14-36-11-6-7-15-44(36)48/h3-28,34-35,42-43H,29-33H2,1-2H3. The number of benzene rings is 7. The van der Waals surface area contributed by atoms with E-state index in [1.54, 1.807) is 0 Å². The van der Waals surface area contributed by atoms with Gasteiger partial charge >= 0.3 is 0 Å². The molecule has 4 aliphatic carbocycles. The maximum atomic E-state index is 13.3. The Bertz CT molecular complexity index is 2860. The molecule has 0 aliphatic heterocycles. The molecule has 8 aromatic rings. The first-order chi connectivity index (χ1) is 28.3. The van der Waals surface area contributed by atoms with Gasteiger partial charge in [0.25, 0.3) is 0 Å². The number of fused-ring (bicyclic) bond motifs is 2. The van der Waals surface area contributed by atoms with E-state index < -0.39 is 7.14 Å². The summed E-state index contributed by atoms with van der Waals surface area (Å²) in [5.41, 5.74) is 8.18. The van der Waals surface area contributed by atoms with Crippen LogP contribution in [-0.2, 0) is 9.98 Å². The molecule has 12 rings (SSSR count). The molecule has 4 fully saturated rings. The van der Waals surface area contributed by atoms with E-state index in [0.717, 1.165) is 55.4 Å². The molecule has 0 atom stereocenters. The summed E-state index contributed by atoms with van der Waals surface area (Å²) in [4.78, 5) is 15.4. The van der Waals surface area contributed by atoms with E-state index in [0.29, 0.717) is 29.3 Å². The number of hydrogen-bond acceptors (Lipinski definition) is 4. The van der Waals surface area contributed by atoms with Crippen LogP contribution >= 0.6 is 7.14 Å². The second-order valence-electron chi connectivity index (χ2n) is 17.6. The summed E-state index contributed by atoms with van der Waals surface area (Å²) in [7, 11) is -2.43. The minimum atomic E-state index is -2.43. The quantitative estimate of drug-likeness (QED) is 0.151. The molecule has 7 aromatic carbocycles. The van der Waals surface area contributed by atoms with Crippen LogP contribution in [0.15, 0.2) is 158 Å². The lowest BCUT2D eigenvalue weighted by molar-refractivity contribution is -0.0418. The fraction of sp³-hybridized carbons (Fsp3) is 0.226. The SMILES string of the molecule is CP(C)(=O)c1ccc(-c2ccc(C3(c4ccc(-c5nc(-c6ccccc6)nc(-c6cccc7ccccc67)n5)cc4)C4CC5CC(C4)CC3C5)cc2)c2ccccc12. The number of aromatic nitrogens is 3. The van der Waals surface area contributed by atoms with Crippen molar-refractivity contribution in [3.05, 3.63) is 169 Å². The Hall–Kier alpha value is -5.70. The highest BCUT2D eigenvalue weighted by molar-refractivity contribution is 7.70. The van der Waals surface area contributed by atoms with E-state index >= 15 is 0 Å². The van der Waals surface area contributed by atoms with Crippen molar-refractivity contribution in [3.63, 3.8) is 0 Å². The largest absolute Gasteiger partial charge is 0.319 e. The van der Waals surface area contributed by atoms with Crippen molar-refractivity contribution in [2.75, 3.05) is 13.3 Å². The smallest absolute Gasteiger partial charge is 0.164 e.